The number of rotatable bonds is 6. The Bertz CT molecular complexity index is 978. The van der Waals surface area contributed by atoms with Gasteiger partial charge in [0.05, 0.1) is 11.4 Å². The highest BCUT2D eigenvalue weighted by Crippen LogP contribution is 2.38. The van der Waals surface area contributed by atoms with Crippen molar-refractivity contribution in [3.8, 4) is 0 Å². The normalized spacial score (nSPS) is 18.0. The Labute approximate surface area is 182 Å². The van der Waals surface area contributed by atoms with Gasteiger partial charge in [-0.05, 0) is 60.5 Å². The number of H-pyrrole nitrogens is 1. The molecule has 0 saturated heterocycles. The van der Waals surface area contributed by atoms with Crippen molar-refractivity contribution in [1.29, 1.82) is 0 Å². The molecule has 6 nitrogen and oxygen atoms in total. The van der Waals surface area contributed by atoms with Crippen LogP contribution in [0.25, 0.3) is 0 Å². The van der Waals surface area contributed by atoms with E-state index in [0.29, 0.717) is 17.5 Å². The Balaban J connectivity index is 1.57. The number of anilines is 1. The quantitative estimate of drug-likeness (QED) is 0.357. The number of hydrogen-bond acceptors (Lipinski definition) is 5. The van der Waals surface area contributed by atoms with E-state index in [-0.39, 0.29) is 11.4 Å². The Morgan fingerprint density at radius 2 is 2.10 bits per heavy atom. The van der Waals surface area contributed by atoms with Crippen molar-refractivity contribution in [3.05, 3.63) is 51.9 Å². The predicted octanol–water partition coefficient (Wildman–Crippen LogP) is 4.64. The first-order valence-corrected chi connectivity index (χ1v) is 11.7. The van der Waals surface area contributed by atoms with Crippen LogP contribution in [0.4, 0.5) is 11.4 Å². The van der Waals surface area contributed by atoms with Crippen molar-refractivity contribution in [3.63, 3.8) is 0 Å². The number of nitrogens with zero attached hydrogens (tertiary/aromatic N) is 2. The summed E-state index contributed by atoms with van der Waals surface area (Å²) in [5, 5.41) is 3.53. The number of pyridine rings is 1. The largest absolute Gasteiger partial charge is 0.383 e. The Hall–Kier alpha value is -2.25. The molecule has 2 aromatic rings. The number of benzene rings is 1. The molecule has 1 aliphatic heterocycles. The summed E-state index contributed by atoms with van der Waals surface area (Å²) in [6.45, 7) is 6.42. The topological polar surface area (TPSA) is 86.5 Å². The van der Waals surface area contributed by atoms with E-state index in [0.717, 1.165) is 37.3 Å². The highest BCUT2D eigenvalue weighted by atomic mass is 32.2. The number of amidine groups is 1. The first kappa shape index (κ1) is 21.0. The predicted molar refractivity (Wildman–Crippen MR) is 125 cm³/mol. The lowest BCUT2D eigenvalue weighted by Crippen LogP contribution is -2.29. The number of aromatic amines is 1. The van der Waals surface area contributed by atoms with Gasteiger partial charge in [-0.2, -0.15) is 0 Å². The summed E-state index contributed by atoms with van der Waals surface area (Å²) in [6, 6.07) is 8.43. The molecule has 2 aliphatic rings. The fourth-order valence-electron chi connectivity index (χ4n) is 4.23. The van der Waals surface area contributed by atoms with Gasteiger partial charge in [0.25, 0.3) is 5.56 Å². The van der Waals surface area contributed by atoms with Crippen molar-refractivity contribution >= 4 is 29.2 Å². The Morgan fingerprint density at radius 1 is 1.30 bits per heavy atom. The molecule has 0 amide bonds. The van der Waals surface area contributed by atoms with E-state index >= 15 is 0 Å². The van der Waals surface area contributed by atoms with Crippen LogP contribution in [0.5, 0.6) is 0 Å². The maximum atomic E-state index is 12.6. The third kappa shape index (κ3) is 4.90. The van der Waals surface area contributed by atoms with Crippen molar-refractivity contribution < 1.29 is 0 Å². The van der Waals surface area contributed by atoms with E-state index in [4.69, 9.17) is 5.73 Å². The standard InChI is InChI=1S/C23H31N5OS/c1-15(2)13-28-14-16-12-18(8-9-20(16)30-28)27-22(24)21-19(10-11-25-23(21)29)26-17-6-4-3-5-7-17/h8-12,15,17H,3-7,13-14H2,1-2H3,(H2,24,27)(H2,25,26,29). The zero-order valence-electron chi connectivity index (χ0n) is 17.8. The van der Waals surface area contributed by atoms with Gasteiger partial charge in [0.2, 0.25) is 0 Å². The average molecular weight is 426 g/mol. The zero-order chi connectivity index (χ0) is 21.1. The second-order valence-corrected chi connectivity index (χ2v) is 9.81. The molecule has 1 fully saturated rings. The molecular weight excluding hydrogens is 394 g/mol. The third-order valence-corrected chi connectivity index (χ3v) is 6.75. The van der Waals surface area contributed by atoms with Crippen molar-refractivity contribution in [2.24, 2.45) is 16.6 Å². The SMILES string of the molecule is CC(C)CN1Cc2cc(N=C(N)c3c(NC4CCCCC4)cc[nH]c3=O)ccc2S1. The summed E-state index contributed by atoms with van der Waals surface area (Å²) in [4.78, 5) is 21.2. The molecule has 2 heterocycles. The maximum absolute atomic E-state index is 12.6. The van der Waals surface area contributed by atoms with E-state index in [2.05, 4.69) is 45.6 Å². The highest BCUT2D eigenvalue weighted by Gasteiger charge is 2.21. The van der Waals surface area contributed by atoms with Gasteiger partial charge in [0.15, 0.2) is 0 Å². The summed E-state index contributed by atoms with van der Waals surface area (Å²) in [5.41, 5.74) is 9.38. The lowest BCUT2D eigenvalue weighted by molar-refractivity contribution is 0.411. The van der Waals surface area contributed by atoms with Gasteiger partial charge < -0.3 is 16.0 Å². The van der Waals surface area contributed by atoms with E-state index in [1.165, 1.54) is 29.7 Å². The van der Waals surface area contributed by atoms with Crippen molar-refractivity contribution in [2.45, 2.75) is 63.4 Å². The fourth-order valence-corrected chi connectivity index (χ4v) is 5.46. The van der Waals surface area contributed by atoms with E-state index in [1.807, 2.05) is 12.1 Å². The van der Waals surface area contributed by atoms with Crippen LogP contribution in [0.1, 0.15) is 57.1 Å². The molecule has 0 radical (unpaired) electrons. The lowest BCUT2D eigenvalue weighted by Gasteiger charge is -2.24. The van der Waals surface area contributed by atoms with Crippen LogP contribution in [0.3, 0.4) is 0 Å². The molecule has 1 aliphatic carbocycles. The lowest BCUT2D eigenvalue weighted by atomic mass is 9.95. The average Bonchev–Trinajstić information content (AvgIpc) is 3.09. The first-order chi connectivity index (χ1) is 14.5. The van der Waals surface area contributed by atoms with Crippen LogP contribution in [-0.4, -0.2) is 27.7 Å². The van der Waals surface area contributed by atoms with Gasteiger partial charge in [-0.25, -0.2) is 9.30 Å². The summed E-state index contributed by atoms with van der Waals surface area (Å²) >= 11 is 1.80. The minimum absolute atomic E-state index is 0.211. The minimum Gasteiger partial charge on any atom is -0.383 e. The number of hydrogen-bond donors (Lipinski definition) is 3. The summed E-state index contributed by atoms with van der Waals surface area (Å²) in [6.07, 6.45) is 7.65. The van der Waals surface area contributed by atoms with Gasteiger partial charge >= 0.3 is 0 Å². The monoisotopic (exact) mass is 425 g/mol. The molecule has 0 unspecified atom stereocenters. The number of nitrogens with two attached hydrogens (primary N) is 1. The fraction of sp³-hybridized carbons (Fsp3) is 0.478. The molecule has 1 saturated carbocycles. The van der Waals surface area contributed by atoms with Crippen LogP contribution < -0.4 is 16.6 Å². The smallest absolute Gasteiger partial charge is 0.261 e. The molecular formula is C23H31N5OS. The molecule has 1 aromatic heterocycles. The van der Waals surface area contributed by atoms with Crippen molar-refractivity contribution in [1.82, 2.24) is 9.29 Å². The number of nitrogens with one attached hydrogen (secondary N) is 2. The second kappa shape index (κ2) is 9.27. The minimum atomic E-state index is -0.211. The Morgan fingerprint density at radius 3 is 2.87 bits per heavy atom. The second-order valence-electron chi connectivity index (χ2n) is 8.67. The molecule has 4 rings (SSSR count). The van der Waals surface area contributed by atoms with Gasteiger partial charge in [0, 0.05) is 30.2 Å². The highest BCUT2D eigenvalue weighted by molar-refractivity contribution is 7.97. The van der Waals surface area contributed by atoms with E-state index in [9.17, 15) is 4.79 Å². The van der Waals surface area contributed by atoms with E-state index in [1.54, 1.807) is 18.1 Å². The summed E-state index contributed by atoms with van der Waals surface area (Å²) in [5.74, 6) is 0.875. The van der Waals surface area contributed by atoms with E-state index < -0.39 is 0 Å². The molecule has 1 aromatic carbocycles. The van der Waals surface area contributed by atoms with Gasteiger partial charge in [-0.15, -0.1) is 0 Å². The molecule has 7 heteroatoms. The number of aromatic nitrogens is 1. The van der Waals surface area contributed by atoms with Gasteiger partial charge in [-0.3, -0.25) is 4.79 Å². The van der Waals surface area contributed by atoms with Gasteiger partial charge in [-0.1, -0.05) is 33.1 Å². The third-order valence-electron chi connectivity index (χ3n) is 5.62. The molecule has 0 atom stereocenters. The molecule has 160 valence electrons. The van der Waals surface area contributed by atoms with Crippen LogP contribution in [0.2, 0.25) is 0 Å². The van der Waals surface area contributed by atoms with Crippen LogP contribution in [-0.2, 0) is 6.54 Å². The zero-order valence-corrected chi connectivity index (χ0v) is 18.6. The number of fused-ring (bicyclic) bond motifs is 1. The summed E-state index contributed by atoms with van der Waals surface area (Å²) < 4.78 is 2.38. The molecule has 30 heavy (non-hydrogen) atoms. The van der Waals surface area contributed by atoms with Crippen LogP contribution in [0.15, 0.2) is 45.1 Å². The molecule has 4 N–H and O–H groups in total. The summed E-state index contributed by atoms with van der Waals surface area (Å²) in [7, 11) is 0. The first-order valence-electron chi connectivity index (χ1n) is 10.9. The van der Waals surface area contributed by atoms with Crippen LogP contribution in [0, 0.1) is 5.92 Å². The number of aliphatic imine (C=N–C) groups is 1. The van der Waals surface area contributed by atoms with Gasteiger partial charge in [0.1, 0.15) is 11.4 Å². The van der Waals surface area contributed by atoms with Crippen LogP contribution >= 0.6 is 11.9 Å². The Kier molecular flexibility index (Phi) is 6.49. The van der Waals surface area contributed by atoms with Crippen molar-refractivity contribution in [2.75, 3.05) is 11.9 Å². The molecule has 0 bridgehead atoms. The molecule has 0 spiro atoms. The maximum Gasteiger partial charge on any atom is 0.261 e.